The van der Waals surface area contributed by atoms with Gasteiger partial charge in [-0.2, -0.15) is 0 Å². The van der Waals surface area contributed by atoms with Crippen LogP contribution in [0.1, 0.15) is 36.3 Å². The first-order chi connectivity index (χ1) is 12.6. The maximum absolute atomic E-state index is 10.8. The number of para-hydroxylation sites is 1. The van der Waals surface area contributed by atoms with Gasteiger partial charge in [-0.05, 0) is 62.9 Å². The third-order valence-electron chi connectivity index (χ3n) is 6.39. The van der Waals surface area contributed by atoms with Crippen LogP contribution in [0.3, 0.4) is 0 Å². The van der Waals surface area contributed by atoms with E-state index in [1.807, 2.05) is 0 Å². The van der Waals surface area contributed by atoms with Crippen LogP contribution < -0.4 is 5.32 Å². The first-order valence-corrected chi connectivity index (χ1v) is 9.99. The van der Waals surface area contributed by atoms with E-state index in [9.17, 15) is 10.2 Å². The van der Waals surface area contributed by atoms with Crippen LogP contribution >= 0.6 is 0 Å². The zero-order valence-corrected chi connectivity index (χ0v) is 15.6. The fourth-order valence-corrected chi connectivity index (χ4v) is 4.80. The van der Waals surface area contributed by atoms with Gasteiger partial charge >= 0.3 is 0 Å². The van der Waals surface area contributed by atoms with Crippen LogP contribution in [-0.2, 0) is 0 Å². The SMILES string of the molecule is Cc1cccc2c(C3CCN(C[C@H](O)C4CCNCC4)CC3O)c[nH]c12. The summed E-state index contributed by atoms with van der Waals surface area (Å²) in [4.78, 5) is 5.63. The Hall–Kier alpha value is -1.40. The molecule has 3 atom stereocenters. The van der Waals surface area contributed by atoms with Crippen molar-refractivity contribution in [2.24, 2.45) is 5.92 Å². The molecule has 2 aliphatic heterocycles. The van der Waals surface area contributed by atoms with Crippen molar-refractivity contribution in [1.82, 2.24) is 15.2 Å². The molecular weight excluding hydrogens is 326 g/mol. The molecule has 0 aliphatic carbocycles. The number of likely N-dealkylation sites (tertiary alicyclic amines) is 1. The summed E-state index contributed by atoms with van der Waals surface area (Å²) < 4.78 is 0. The van der Waals surface area contributed by atoms with Crippen molar-refractivity contribution in [2.75, 3.05) is 32.7 Å². The summed E-state index contributed by atoms with van der Waals surface area (Å²) in [7, 11) is 0. The first kappa shape index (κ1) is 18.0. The van der Waals surface area contributed by atoms with E-state index in [2.05, 4.69) is 46.5 Å². The fourth-order valence-electron chi connectivity index (χ4n) is 4.80. The Morgan fingerprint density at radius 2 is 2.04 bits per heavy atom. The van der Waals surface area contributed by atoms with Gasteiger partial charge in [0, 0.05) is 36.1 Å². The summed E-state index contributed by atoms with van der Waals surface area (Å²) in [5, 5.41) is 26.0. The van der Waals surface area contributed by atoms with Crippen molar-refractivity contribution >= 4 is 10.9 Å². The summed E-state index contributed by atoms with van der Waals surface area (Å²) in [6, 6.07) is 6.35. The molecule has 2 fully saturated rings. The third kappa shape index (κ3) is 3.54. The van der Waals surface area contributed by atoms with Crippen LogP contribution in [0.15, 0.2) is 24.4 Å². The molecule has 2 unspecified atom stereocenters. The summed E-state index contributed by atoms with van der Waals surface area (Å²) >= 11 is 0. The average molecular weight is 357 g/mol. The molecule has 0 bridgehead atoms. The molecule has 142 valence electrons. The van der Waals surface area contributed by atoms with Crippen LogP contribution in [0, 0.1) is 12.8 Å². The molecule has 0 saturated carbocycles. The largest absolute Gasteiger partial charge is 0.392 e. The molecule has 4 rings (SSSR count). The van der Waals surface area contributed by atoms with Crippen LogP contribution in [0.25, 0.3) is 10.9 Å². The molecular formula is C21H31N3O2. The zero-order valence-electron chi connectivity index (χ0n) is 15.6. The highest BCUT2D eigenvalue weighted by molar-refractivity contribution is 5.86. The molecule has 1 aromatic heterocycles. The maximum Gasteiger partial charge on any atom is 0.0736 e. The number of aromatic nitrogens is 1. The van der Waals surface area contributed by atoms with Gasteiger partial charge in [0.2, 0.25) is 0 Å². The number of β-amino-alcohol motifs (C(OH)–C–C–N with tert-alkyl or cyclic N) is 2. The standard InChI is InChI=1S/C21H31N3O2/c1-14-3-2-4-17-18(11-23-21(14)17)16-7-10-24(13-20(16)26)12-19(25)15-5-8-22-9-6-15/h2-4,11,15-16,19-20,22-23,25-26H,5-10,12-13H2,1H3/t16?,19-,20?/m0/s1. The highest BCUT2D eigenvalue weighted by atomic mass is 16.3. The van der Waals surface area contributed by atoms with E-state index in [-0.39, 0.29) is 18.1 Å². The number of hydrogen-bond donors (Lipinski definition) is 4. The number of aliphatic hydroxyl groups is 2. The number of H-pyrrole nitrogens is 1. The lowest BCUT2D eigenvalue weighted by Crippen LogP contribution is -2.47. The molecule has 1 aromatic carbocycles. The number of nitrogens with zero attached hydrogens (tertiary/aromatic N) is 1. The monoisotopic (exact) mass is 357 g/mol. The van der Waals surface area contributed by atoms with Gasteiger partial charge in [0.25, 0.3) is 0 Å². The highest BCUT2D eigenvalue weighted by Crippen LogP contribution is 2.34. The van der Waals surface area contributed by atoms with Gasteiger partial charge in [-0.1, -0.05) is 18.2 Å². The van der Waals surface area contributed by atoms with E-state index in [1.54, 1.807) is 0 Å². The molecule has 26 heavy (non-hydrogen) atoms. The van der Waals surface area contributed by atoms with Crippen LogP contribution in [-0.4, -0.2) is 65.0 Å². The first-order valence-electron chi connectivity index (χ1n) is 9.99. The van der Waals surface area contributed by atoms with E-state index in [0.717, 1.165) is 38.9 Å². The lowest BCUT2D eigenvalue weighted by atomic mass is 9.86. The topological polar surface area (TPSA) is 71.5 Å². The average Bonchev–Trinajstić information content (AvgIpc) is 3.08. The van der Waals surface area contributed by atoms with E-state index in [0.29, 0.717) is 19.0 Å². The molecule has 2 aromatic rings. The number of aromatic amines is 1. The van der Waals surface area contributed by atoms with Gasteiger partial charge in [-0.25, -0.2) is 0 Å². The smallest absolute Gasteiger partial charge is 0.0736 e. The number of aryl methyl sites for hydroxylation is 1. The minimum absolute atomic E-state index is 0.165. The van der Waals surface area contributed by atoms with Crippen molar-refractivity contribution < 1.29 is 10.2 Å². The Balaban J connectivity index is 1.41. The summed E-state index contributed by atoms with van der Waals surface area (Å²) in [6.45, 7) is 6.39. The summed E-state index contributed by atoms with van der Waals surface area (Å²) in [5.74, 6) is 0.556. The molecule has 5 nitrogen and oxygen atoms in total. The number of piperidine rings is 2. The van der Waals surface area contributed by atoms with Crippen molar-refractivity contribution in [3.05, 3.63) is 35.5 Å². The lowest BCUT2D eigenvalue weighted by Gasteiger charge is -2.38. The normalized spacial score (nSPS) is 27.0. The predicted molar refractivity (Wildman–Crippen MR) is 104 cm³/mol. The van der Waals surface area contributed by atoms with Crippen molar-refractivity contribution in [3.63, 3.8) is 0 Å². The van der Waals surface area contributed by atoms with Gasteiger partial charge in [0.05, 0.1) is 12.2 Å². The minimum Gasteiger partial charge on any atom is -0.392 e. The second kappa shape index (κ2) is 7.69. The highest BCUT2D eigenvalue weighted by Gasteiger charge is 2.32. The van der Waals surface area contributed by atoms with Gasteiger partial charge in [-0.15, -0.1) is 0 Å². The molecule has 4 N–H and O–H groups in total. The Labute approximate surface area is 155 Å². The maximum atomic E-state index is 10.8. The van der Waals surface area contributed by atoms with Gasteiger partial charge in [0.15, 0.2) is 0 Å². The van der Waals surface area contributed by atoms with Crippen LogP contribution in [0.4, 0.5) is 0 Å². The zero-order chi connectivity index (χ0) is 18.1. The Morgan fingerprint density at radius 1 is 1.23 bits per heavy atom. The summed E-state index contributed by atoms with van der Waals surface area (Å²) in [5.41, 5.74) is 3.65. The Morgan fingerprint density at radius 3 is 2.81 bits per heavy atom. The van der Waals surface area contributed by atoms with E-state index >= 15 is 0 Å². The quantitative estimate of drug-likeness (QED) is 0.675. The minimum atomic E-state index is -0.386. The van der Waals surface area contributed by atoms with Gasteiger partial charge in [0.1, 0.15) is 0 Å². The fraction of sp³-hybridized carbons (Fsp3) is 0.619. The Bertz CT molecular complexity index is 738. The molecule has 3 heterocycles. The van der Waals surface area contributed by atoms with Gasteiger partial charge in [-0.3, -0.25) is 4.90 Å². The van der Waals surface area contributed by atoms with Crippen LogP contribution in [0.5, 0.6) is 0 Å². The molecule has 2 saturated heterocycles. The molecule has 0 amide bonds. The Kier molecular flexibility index (Phi) is 5.32. The van der Waals surface area contributed by atoms with Gasteiger partial charge < -0.3 is 20.5 Å². The number of aliphatic hydroxyl groups excluding tert-OH is 2. The number of nitrogens with one attached hydrogen (secondary N) is 2. The number of fused-ring (bicyclic) bond motifs is 1. The number of rotatable bonds is 4. The molecule has 5 heteroatoms. The molecule has 0 spiro atoms. The van der Waals surface area contributed by atoms with E-state index in [4.69, 9.17) is 0 Å². The third-order valence-corrected chi connectivity index (χ3v) is 6.39. The van der Waals surface area contributed by atoms with E-state index in [1.165, 1.54) is 22.0 Å². The number of benzene rings is 1. The van der Waals surface area contributed by atoms with Crippen molar-refractivity contribution in [2.45, 2.75) is 44.3 Å². The summed E-state index contributed by atoms with van der Waals surface area (Å²) in [6.07, 6.45) is 4.44. The second-order valence-corrected chi connectivity index (χ2v) is 8.12. The molecule has 2 aliphatic rings. The lowest BCUT2D eigenvalue weighted by molar-refractivity contribution is 0.00501. The van der Waals surface area contributed by atoms with E-state index < -0.39 is 0 Å². The van der Waals surface area contributed by atoms with Crippen LogP contribution in [0.2, 0.25) is 0 Å². The van der Waals surface area contributed by atoms with Crippen molar-refractivity contribution in [3.8, 4) is 0 Å². The molecule has 0 radical (unpaired) electrons. The van der Waals surface area contributed by atoms with Crippen molar-refractivity contribution in [1.29, 1.82) is 0 Å². The predicted octanol–water partition coefficient (Wildman–Crippen LogP) is 1.99. The number of hydrogen-bond acceptors (Lipinski definition) is 4. The second-order valence-electron chi connectivity index (χ2n) is 8.12.